The van der Waals surface area contributed by atoms with E-state index in [0.717, 1.165) is 21.8 Å². The number of aromatic nitrogens is 2. The van der Waals surface area contributed by atoms with Crippen LogP contribution in [0.15, 0.2) is 24.4 Å². The van der Waals surface area contributed by atoms with Crippen molar-refractivity contribution in [3.63, 3.8) is 0 Å². The van der Waals surface area contributed by atoms with Crippen molar-refractivity contribution in [3.8, 4) is 0 Å². The minimum Gasteiger partial charge on any atom is -0.477 e. The summed E-state index contributed by atoms with van der Waals surface area (Å²) in [7, 11) is 0. The molecule has 0 aliphatic carbocycles. The van der Waals surface area contributed by atoms with Crippen LogP contribution in [0.2, 0.25) is 0 Å². The lowest BCUT2D eigenvalue weighted by molar-refractivity contribution is 0.0690. The molecular formula is C13H11N3O2. The lowest BCUT2D eigenvalue weighted by Crippen LogP contribution is -2.03. The van der Waals surface area contributed by atoms with Gasteiger partial charge >= 0.3 is 5.97 Å². The van der Waals surface area contributed by atoms with Gasteiger partial charge in [0.2, 0.25) is 0 Å². The molecule has 0 fully saturated rings. The molecule has 90 valence electrons. The summed E-state index contributed by atoms with van der Waals surface area (Å²) in [5.74, 6) is -1.02. The van der Waals surface area contributed by atoms with Gasteiger partial charge in [0.15, 0.2) is 5.69 Å². The second-order valence-corrected chi connectivity index (χ2v) is 4.26. The number of anilines is 1. The normalized spacial score (nSPS) is 11.2. The molecule has 1 aromatic carbocycles. The maximum absolute atomic E-state index is 11.1. The van der Waals surface area contributed by atoms with Crippen LogP contribution in [0.3, 0.4) is 0 Å². The molecule has 18 heavy (non-hydrogen) atoms. The molecule has 0 spiro atoms. The molecule has 0 saturated carbocycles. The first-order valence-corrected chi connectivity index (χ1v) is 5.47. The quantitative estimate of drug-likeness (QED) is 0.570. The Hall–Kier alpha value is -2.56. The van der Waals surface area contributed by atoms with Crippen LogP contribution < -0.4 is 5.73 Å². The largest absolute Gasteiger partial charge is 0.477 e. The highest BCUT2D eigenvalue weighted by Gasteiger charge is 2.15. The zero-order valence-electron chi connectivity index (χ0n) is 9.69. The van der Waals surface area contributed by atoms with E-state index in [1.165, 1.54) is 0 Å². The number of carboxylic acids is 1. The van der Waals surface area contributed by atoms with Crippen molar-refractivity contribution in [2.45, 2.75) is 6.92 Å². The average Bonchev–Trinajstić information content (AvgIpc) is 2.67. The number of carboxylic acid groups (broad SMARTS) is 1. The molecular weight excluding hydrogens is 230 g/mol. The van der Waals surface area contributed by atoms with Crippen LogP contribution in [0.1, 0.15) is 16.1 Å². The van der Waals surface area contributed by atoms with Gasteiger partial charge < -0.3 is 15.8 Å². The predicted octanol–water partition coefficient (Wildman–Crippen LogP) is 2.30. The van der Waals surface area contributed by atoms with Gasteiger partial charge in [0, 0.05) is 22.0 Å². The monoisotopic (exact) mass is 241 g/mol. The van der Waals surface area contributed by atoms with Crippen LogP contribution in [0, 0.1) is 6.92 Å². The third kappa shape index (κ3) is 1.34. The van der Waals surface area contributed by atoms with Crippen LogP contribution in [0.25, 0.3) is 21.8 Å². The van der Waals surface area contributed by atoms with Gasteiger partial charge in [0.05, 0.1) is 11.7 Å². The predicted molar refractivity (Wildman–Crippen MR) is 69.7 cm³/mol. The SMILES string of the molecule is Cc1c(C(=O)O)ncc2[nH]c3ccc(N)cc3c12. The zero-order chi connectivity index (χ0) is 12.9. The van der Waals surface area contributed by atoms with E-state index in [-0.39, 0.29) is 5.69 Å². The third-order valence-electron chi connectivity index (χ3n) is 3.11. The Balaban J connectivity index is 2.52. The Morgan fingerprint density at radius 2 is 2.17 bits per heavy atom. The van der Waals surface area contributed by atoms with Gasteiger partial charge in [-0.3, -0.25) is 0 Å². The summed E-state index contributed by atoms with van der Waals surface area (Å²) in [5.41, 5.74) is 8.89. The molecule has 5 heteroatoms. The molecule has 0 unspecified atom stereocenters. The number of rotatable bonds is 1. The molecule has 4 N–H and O–H groups in total. The summed E-state index contributed by atoms with van der Waals surface area (Å²) in [6.07, 6.45) is 1.54. The number of nitrogens with two attached hydrogens (primary N) is 1. The first kappa shape index (κ1) is 10.6. The van der Waals surface area contributed by atoms with E-state index in [9.17, 15) is 4.79 Å². The highest BCUT2D eigenvalue weighted by molar-refractivity contribution is 6.11. The first-order valence-electron chi connectivity index (χ1n) is 5.47. The molecule has 3 rings (SSSR count). The topological polar surface area (TPSA) is 92.0 Å². The van der Waals surface area contributed by atoms with Crippen molar-refractivity contribution >= 4 is 33.5 Å². The van der Waals surface area contributed by atoms with E-state index in [0.29, 0.717) is 11.3 Å². The minimum absolute atomic E-state index is 0.0748. The summed E-state index contributed by atoms with van der Waals surface area (Å²) < 4.78 is 0. The van der Waals surface area contributed by atoms with E-state index < -0.39 is 5.97 Å². The Morgan fingerprint density at radius 3 is 2.89 bits per heavy atom. The standard InChI is InChI=1S/C13H11N3O2/c1-6-11-8-4-7(14)2-3-9(8)16-10(11)5-15-12(6)13(17)18/h2-5,16H,14H2,1H3,(H,17,18). The maximum atomic E-state index is 11.1. The maximum Gasteiger partial charge on any atom is 0.354 e. The molecule has 0 aliphatic rings. The number of aromatic amines is 1. The molecule has 0 amide bonds. The lowest BCUT2D eigenvalue weighted by atomic mass is 10.1. The van der Waals surface area contributed by atoms with Gasteiger partial charge in [-0.05, 0) is 30.7 Å². The number of aryl methyl sites for hydroxylation is 1. The van der Waals surface area contributed by atoms with Crippen molar-refractivity contribution in [3.05, 3.63) is 35.7 Å². The van der Waals surface area contributed by atoms with Gasteiger partial charge in [0.25, 0.3) is 0 Å². The Bertz CT molecular complexity index is 790. The molecule has 0 atom stereocenters. The molecule has 0 aliphatic heterocycles. The Morgan fingerprint density at radius 1 is 1.39 bits per heavy atom. The van der Waals surface area contributed by atoms with Crippen molar-refractivity contribution < 1.29 is 9.90 Å². The summed E-state index contributed by atoms with van der Waals surface area (Å²) in [6, 6.07) is 5.52. The molecule has 0 saturated heterocycles. The smallest absolute Gasteiger partial charge is 0.354 e. The molecule has 5 nitrogen and oxygen atoms in total. The molecule has 2 aromatic heterocycles. The van der Waals surface area contributed by atoms with Crippen molar-refractivity contribution in [1.29, 1.82) is 0 Å². The average molecular weight is 241 g/mol. The molecule has 3 aromatic rings. The van der Waals surface area contributed by atoms with Crippen molar-refractivity contribution in [1.82, 2.24) is 9.97 Å². The Kier molecular flexibility index (Phi) is 2.04. The van der Waals surface area contributed by atoms with E-state index in [4.69, 9.17) is 10.8 Å². The molecule has 0 bridgehead atoms. The minimum atomic E-state index is -1.02. The number of benzene rings is 1. The molecule has 2 heterocycles. The summed E-state index contributed by atoms with van der Waals surface area (Å²) in [4.78, 5) is 18.3. The number of nitrogen functional groups attached to an aromatic ring is 1. The fourth-order valence-electron chi connectivity index (χ4n) is 2.29. The van der Waals surface area contributed by atoms with Crippen LogP contribution in [0.4, 0.5) is 5.69 Å². The fraction of sp³-hybridized carbons (Fsp3) is 0.0769. The Labute approximate surface area is 102 Å². The fourth-order valence-corrected chi connectivity index (χ4v) is 2.29. The van der Waals surface area contributed by atoms with Crippen LogP contribution in [-0.4, -0.2) is 21.0 Å². The summed E-state index contributed by atoms with van der Waals surface area (Å²) in [6.45, 7) is 1.76. The van der Waals surface area contributed by atoms with Gasteiger partial charge in [-0.15, -0.1) is 0 Å². The number of hydrogen-bond donors (Lipinski definition) is 3. The third-order valence-corrected chi connectivity index (χ3v) is 3.11. The summed E-state index contributed by atoms with van der Waals surface area (Å²) >= 11 is 0. The van der Waals surface area contributed by atoms with Gasteiger partial charge in [-0.1, -0.05) is 0 Å². The highest BCUT2D eigenvalue weighted by Crippen LogP contribution is 2.30. The number of hydrogen-bond acceptors (Lipinski definition) is 3. The van der Waals surface area contributed by atoms with Crippen LogP contribution in [-0.2, 0) is 0 Å². The van der Waals surface area contributed by atoms with Crippen molar-refractivity contribution in [2.75, 3.05) is 5.73 Å². The van der Waals surface area contributed by atoms with Crippen molar-refractivity contribution in [2.24, 2.45) is 0 Å². The highest BCUT2D eigenvalue weighted by atomic mass is 16.4. The van der Waals surface area contributed by atoms with E-state index >= 15 is 0 Å². The first-order chi connectivity index (χ1) is 8.58. The van der Waals surface area contributed by atoms with Gasteiger partial charge in [0.1, 0.15) is 0 Å². The van der Waals surface area contributed by atoms with E-state index in [1.54, 1.807) is 19.2 Å². The summed E-state index contributed by atoms with van der Waals surface area (Å²) in [5, 5.41) is 10.9. The van der Waals surface area contributed by atoms with Gasteiger partial charge in [-0.25, -0.2) is 9.78 Å². The number of H-pyrrole nitrogens is 1. The zero-order valence-corrected chi connectivity index (χ0v) is 9.69. The number of carbonyl (C=O) groups is 1. The van der Waals surface area contributed by atoms with E-state index in [1.807, 2.05) is 12.1 Å². The van der Waals surface area contributed by atoms with Crippen LogP contribution in [0.5, 0.6) is 0 Å². The van der Waals surface area contributed by atoms with Gasteiger partial charge in [-0.2, -0.15) is 0 Å². The number of fused-ring (bicyclic) bond motifs is 3. The number of nitrogens with zero attached hydrogens (tertiary/aromatic N) is 1. The van der Waals surface area contributed by atoms with Crippen LogP contribution >= 0.6 is 0 Å². The lowest BCUT2D eigenvalue weighted by Gasteiger charge is -2.01. The molecule has 0 radical (unpaired) electrons. The second-order valence-electron chi connectivity index (χ2n) is 4.26. The second kappa shape index (κ2) is 3.46. The number of nitrogens with one attached hydrogen (secondary N) is 1. The number of aromatic carboxylic acids is 1. The number of pyridine rings is 1. The van der Waals surface area contributed by atoms with E-state index in [2.05, 4.69) is 9.97 Å².